The summed E-state index contributed by atoms with van der Waals surface area (Å²) in [4.78, 5) is 2.39. The van der Waals surface area contributed by atoms with Crippen LogP contribution in [0.15, 0.2) is 0 Å². The fourth-order valence-corrected chi connectivity index (χ4v) is 1.91. The lowest BCUT2D eigenvalue weighted by atomic mass is 10.2. The first kappa shape index (κ1) is 9.01. The number of rotatable bonds is 2. The molecule has 0 spiro atoms. The zero-order valence-corrected chi connectivity index (χ0v) is 7.75. The highest BCUT2D eigenvalue weighted by Gasteiger charge is 2.27. The van der Waals surface area contributed by atoms with Gasteiger partial charge in [0, 0.05) is 18.6 Å². The Labute approximate surface area is 69.2 Å². The van der Waals surface area contributed by atoms with E-state index in [1.807, 2.05) is 6.92 Å². The summed E-state index contributed by atoms with van der Waals surface area (Å²) in [6.07, 6.45) is 2.39. The maximum atomic E-state index is 9.21. The minimum Gasteiger partial charge on any atom is -0.392 e. The van der Waals surface area contributed by atoms with Gasteiger partial charge >= 0.3 is 0 Å². The molecule has 0 bridgehead atoms. The SMILES string of the molecule is CC(O)CN1C(C)CCC1C. The number of hydrogen-bond donors (Lipinski definition) is 1. The Morgan fingerprint density at radius 1 is 1.36 bits per heavy atom. The minimum atomic E-state index is -0.182. The van der Waals surface area contributed by atoms with Crippen LogP contribution in [0.4, 0.5) is 0 Å². The third kappa shape index (κ3) is 2.17. The summed E-state index contributed by atoms with van der Waals surface area (Å²) in [6, 6.07) is 1.33. The van der Waals surface area contributed by atoms with Crippen molar-refractivity contribution in [1.29, 1.82) is 0 Å². The van der Waals surface area contributed by atoms with Crippen molar-refractivity contribution in [2.24, 2.45) is 0 Å². The largest absolute Gasteiger partial charge is 0.392 e. The zero-order valence-electron chi connectivity index (χ0n) is 7.75. The van der Waals surface area contributed by atoms with E-state index in [0.717, 1.165) is 6.54 Å². The Morgan fingerprint density at radius 2 is 1.82 bits per heavy atom. The van der Waals surface area contributed by atoms with Gasteiger partial charge in [0.05, 0.1) is 6.10 Å². The molecule has 1 aliphatic rings. The van der Waals surface area contributed by atoms with Crippen molar-refractivity contribution in [2.45, 2.75) is 51.8 Å². The summed E-state index contributed by atoms with van der Waals surface area (Å²) in [5, 5.41) is 9.21. The second-order valence-electron chi connectivity index (χ2n) is 3.82. The van der Waals surface area contributed by atoms with Crippen molar-refractivity contribution in [3.8, 4) is 0 Å². The molecule has 3 atom stereocenters. The standard InChI is InChI=1S/C9H19NO/c1-7-4-5-8(2)10(7)6-9(3)11/h7-9,11H,4-6H2,1-3H3. The lowest BCUT2D eigenvalue weighted by molar-refractivity contribution is 0.103. The second kappa shape index (κ2) is 3.55. The van der Waals surface area contributed by atoms with Crippen molar-refractivity contribution in [1.82, 2.24) is 4.90 Å². The van der Waals surface area contributed by atoms with E-state index in [1.165, 1.54) is 12.8 Å². The van der Waals surface area contributed by atoms with E-state index >= 15 is 0 Å². The average molecular weight is 157 g/mol. The maximum Gasteiger partial charge on any atom is 0.0639 e. The highest BCUT2D eigenvalue weighted by Crippen LogP contribution is 2.22. The maximum absolute atomic E-state index is 9.21. The van der Waals surface area contributed by atoms with Crippen molar-refractivity contribution in [3.05, 3.63) is 0 Å². The van der Waals surface area contributed by atoms with Crippen molar-refractivity contribution < 1.29 is 5.11 Å². The molecule has 0 saturated carbocycles. The summed E-state index contributed by atoms with van der Waals surface area (Å²) in [5.41, 5.74) is 0. The van der Waals surface area contributed by atoms with Gasteiger partial charge in [-0.2, -0.15) is 0 Å². The predicted octanol–water partition coefficient (Wildman–Crippen LogP) is 1.24. The van der Waals surface area contributed by atoms with Gasteiger partial charge in [-0.1, -0.05) is 0 Å². The molecule has 1 heterocycles. The number of hydrogen-bond acceptors (Lipinski definition) is 2. The highest BCUT2D eigenvalue weighted by molar-refractivity contribution is 4.82. The van der Waals surface area contributed by atoms with Crippen LogP contribution in [0.5, 0.6) is 0 Å². The molecule has 1 N–H and O–H groups in total. The van der Waals surface area contributed by atoms with Crippen LogP contribution < -0.4 is 0 Å². The van der Waals surface area contributed by atoms with Crippen LogP contribution in [0.2, 0.25) is 0 Å². The molecule has 0 aliphatic carbocycles. The molecule has 1 saturated heterocycles. The summed E-state index contributed by atoms with van der Waals surface area (Å²) in [7, 11) is 0. The smallest absolute Gasteiger partial charge is 0.0639 e. The molecule has 1 rings (SSSR count). The minimum absolute atomic E-state index is 0.182. The first-order valence-corrected chi connectivity index (χ1v) is 4.55. The van der Waals surface area contributed by atoms with Crippen molar-refractivity contribution in [3.63, 3.8) is 0 Å². The van der Waals surface area contributed by atoms with Crippen LogP contribution in [-0.4, -0.2) is 34.7 Å². The number of aliphatic hydroxyl groups excluding tert-OH is 1. The molecule has 2 heteroatoms. The van der Waals surface area contributed by atoms with Gasteiger partial charge in [-0.3, -0.25) is 4.90 Å². The number of aliphatic hydroxyl groups is 1. The Hall–Kier alpha value is -0.0800. The first-order chi connectivity index (χ1) is 5.11. The highest BCUT2D eigenvalue weighted by atomic mass is 16.3. The topological polar surface area (TPSA) is 23.5 Å². The molecule has 0 aromatic heterocycles. The normalized spacial score (nSPS) is 36.0. The van der Waals surface area contributed by atoms with Gasteiger partial charge in [-0.05, 0) is 33.6 Å². The van der Waals surface area contributed by atoms with Crippen LogP contribution in [0.3, 0.4) is 0 Å². The number of likely N-dealkylation sites (tertiary alicyclic amines) is 1. The molecular formula is C9H19NO. The molecule has 2 nitrogen and oxygen atoms in total. The van der Waals surface area contributed by atoms with E-state index in [4.69, 9.17) is 0 Å². The van der Waals surface area contributed by atoms with Gasteiger partial charge in [0.15, 0.2) is 0 Å². The first-order valence-electron chi connectivity index (χ1n) is 4.55. The van der Waals surface area contributed by atoms with Gasteiger partial charge in [0.1, 0.15) is 0 Å². The van der Waals surface area contributed by atoms with E-state index in [-0.39, 0.29) is 6.10 Å². The van der Waals surface area contributed by atoms with E-state index in [9.17, 15) is 5.11 Å². The van der Waals surface area contributed by atoms with E-state index in [2.05, 4.69) is 18.7 Å². The summed E-state index contributed by atoms with van der Waals surface area (Å²) in [6.45, 7) is 7.18. The Balaban J connectivity index is 2.41. The quantitative estimate of drug-likeness (QED) is 0.652. The zero-order chi connectivity index (χ0) is 8.43. The molecule has 3 unspecified atom stereocenters. The molecule has 0 amide bonds. The molecular weight excluding hydrogens is 138 g/mol. The van der Waals surface area contributed by atoms with Crippen molar-refractivity contribution in [2.75, 3.05) is 6.54 Å². The van der Waals surface area contributed by atoms with E-state index < -0.39 is 0 Å². The van der Waals surface area contributed by atoms with Crippen molar-refractivity contribution >= 4 is 0 Å². The van der Waals surface area contributed by atoms with Gasteiger partial charge in [-0.25, -0.2) is 0 Å². The number of nitrogens with zero attached hydrogens (tertiary/aromatic N) is 1. The fourth-order valence-electron chi connectivity index (χ4n) is 1.91. The van der Waals surface area contributed by atoms with E-state index in [1.54, 1.807) is 0 Å². The lowest BCUT2D eigenvalue weighted by Gasteiger charge is -2.26. The second-order valence-corrected chi connectivity index (χ2v) is 3.82. The van der Waals surface area contributed by atoms with E-state index in [0.29, 0.717) is 12.1 Å². The molecule has 0 aromatic carbocycles. The summed E-state index contributed by atoms with van der Waals surface area (Å²) >= 11 is 0. The fraction of sp³-hybridized carbons (Fsp3) is 1.00. The molecule has 11 heavy (non-hydrogen) atoms. The van der Waals surface area contributed by atoms with Crippen LogP contribution in [0.25, 0.3) is 0 Å². The summed E-state index contributed by atoms with van der Waals surface area (Å²) < 4.78 is 0. The Kier molecular flexibility index (Phi) is 2.90. The van der Waals surface area contributed by atoms with Crippen LogP contribution in [0, 0.1) is 0 Å². The van der Waals surface area contributed by atoms with Gasteiger partial charge in [0.2, 0.25) is 0 Å². The van der Waals surface area contributed by atoms with Gasteiger partial charge in [-0.15, -0.1) is 0 Å². The molecule has 1 aliphatic heterocycles. The lowest BCUT2D eigenvalue weighted by Crippen LogP contribution is -2.37. The third-order valence-electron chi connectivity index (χ3n) is 2.61. The van der Waals surface area contributed by atoms with Crippen LogP contribution >= 0.6 is 0 Å². The van der Waals surface area contributed by atoms with Crippen LogP contribution in [0.1, 0.15) is 33.6 Å². The van der Waals surface area contributed by atoms with Gasteiger partial charge in [0.25, 0.3) is 0 Å². The number of β-amino-alcohol motifs (C(OH)–C–C–N with tert-alkyl or cyclic N) is 1. The Bertz CT molecular complexity index is 115. The third-order valence-corrected chi connectivity index (χ3v) is 2.61. The molecule has 66 valence electrons. The van der Waals surface area contributed by atoms with Crippen LogP contribution in [-0.2, 0) is 0 Å². The predicted molar refractivity (Wildman–Crippen MR) is 46.5 cm³/mol. The molecule has 1 fully saturated rings. The Morgan fingerprint density at radius 3 is 2.18 bits per heavy atom. The van der Waals surface area contributed by atoms with Gasteiger partial charge < -0.3 is 5.11 Å². The average Bonchev–Trinajstić information content (AvgIpc) is 2.18. The summed E-state index contributed by atoms with van der Waals surface area (Å²) in [5.74, 6) is 0. The molecule has 0 radical (unpaired) electrons. The monoisotopic (exact) mass is 157 g/mol. The molecule has 0 aromatic rings.